The second kappa shape index (κ2) is 11.5. The lowest BCUT2D eigenvalue weighted by Gasteiger charge is -2.49. The fraction of sp³-hybridized carbons (Fsp3) is 1.00. The molecule has 0 aromatic rings. The van der Waals surface area contributed by atoms with Gasteiger partial charge in [-0.25, -0.2) is 0 Å². The molecule has 220 valence electrons. The molecule has 3 nitrogen and oxygen atoms in total. The van der Waals surface area contributed by atoms with Crippen LogP contribution in [0.5, 0.6) is 0 Å². The molecule has 8 aliphatic rings. The van der Waals surface area contributed by atoms with Crippen LogP contribution in [0.15, 0.2) is 0 Å². The summed E-state index contributed by atoms with van der Waals surface area (Å²) in [6, 6.07) is 2.71. The Balaban J connectivity index is 0.947. The van der Waals surface area contributed by atoms with Crippen LogP contribution in [0.25, 0.3) is 0 Å². The Morgan fingerprint density at radius 3 is 1.69 bits per heavy atom. The SMILES string of the molecule is C1CCC(N(C2CCCCC2)C2CCC(C3CCCC4C5CCC6OC7CCCCC7C6C5OC34)CC2)CC1. The van der Waals surface area contributed by atoms with Crippen molar-refractivity contribution in [3.8, 4) is 0 Å². The van der Waals surface area contributed by atoms with E-state index < -0.39 is 0 Å². The minimum Gasteiger partial charge on any atom is -0.374 e. The average molecular weight is 538 g/mol. The summed E-state index contributed by atoms with van der Waals surface area (Å²) in [6.07, 6.45) is 35.8. The number of rotatable bonds is 4. The molecule has 0 spiro atoms. The number of hydrogen-bond acceptors (Lipinski definition) is 3. The van der Waals surface area contributed by atoms with Crippen LogP contribution in [0.3, 0.4) is 0 Å². The van der Waals surface area contributed by atoms with Crippen molar-refractivity contribution in [2.75, 3.05) is 0 Å². The lowest BCUT2D eigenvalue weighted by atomic mass is 9.62. The minimum atomic E-state index is 0.527. The van der Waals surface area contributed by atoms with Gasteiger partial charge in [-0.15, -0.1) is 0 Å². The van der Waals surface area contributed by atoms with Gasteiger partial charge in [0, 0.05) is 24.0 Å². The van der Waals surface area contributed by atoms with E-state index in [1.807, 2.05) is 0 Å². The zero-order valence-electron chi connectivity index (χ0n) is 25.0. The average Bonchev–Trinajstić information content (AvgIpc) is 3.57. The highest BCUT2D eigenvalue weighted by atomic mass is 16.5. The summed E-state index contributed by atoms with van der Waals surface area (Å²) in [6.45, 7) is 0. The van der Waals surface area contributed by atoms with E-state index in [0.29, 0.717) is 24.4 Å². The Morgan fingerprint density at radius 1 is 0.359 bits per heavy atom. The molecule has 2 aliphatic heterocycles. The third kappa shape index (κ3) is 4.89. The first-order valence-corrected chi connectivity index (χ1v) is 18.4. The summed E-state index contributed by atoms with van der Waals surface area (Å²) in [4.78, 5) is 3.18. The van der Waals surface area contributed by atoms with E-state index in [0.717, 1.165) is 53.6 Å². The minimum absolute atomic E-state index is 0.527. The second-order valence-corrected chi connectivity index (χ2v) is 15.9. The molecule has 8 fully saturated rings. The van der Waals surface area contributed by atoms with Gasteiger partial charge in [-0.05, 0) is 119 Å². The Bertz CT molecular complexity index is 793. The van der Waals surface area contributed by atoms with Crippen molar-refractivity contribution < 1.29 is 9.47 Å². The zero-order chi connectivity index (χ0) is 25.8. The first kappa shape index (κ1) is 26.5. The monoisotopic (exact) mass is 537 g/mol. The molecular formula is C36H59NO2. The summed E-state index contributed by atoms with van der Waals surface area (Å²) in [5.41, 5.74) is 0. The summed E-state index contributed by atoms with van der Waals surface area (Å²) in [7, 11) is 0. The highest BCUT2D eigenvalue weighted by molar-refractivity contribution is 5.08. The molecule has 8 rings (SSSR count). The molecule has 3 heteroatoms. The Hall–Kier alpha value is -0.120. The molecule has 39 heavy (non-hydrogen) atoms. The normalized spacial score (nSPS) is 49.3. The van der Waals surface area contributed by atoms with Crippen LogP contribution >= 0.6 is 0 Å². The number of hydrogen-bond donors (Lipinski definition) is 0. The van der Waals surface area contributed by atoms with Gasteiger partial charge in [-0.2, -0.15) is 0 Å². The molecule has 9 atom stereocenters. The van der Waals surface area contributed by atoms with Gasteiger partial charge < -0.3 is 9.47 Å². The van der Waals surface area contributed by atoms with Crippen molar-refractivity contribution in [3.05, 3.63) is 0 Å². The molecular weight excluding hydrogens is 478 g/mol. The lowest BCUT2D eigenvalue weighted by molar-refractivity contribution is -0.0875. The molecule has 0 aromatic heterocycles. The second-order valence-electron chi connectivity index (χ2n) is 15.9. The van der Waals surface area contributed by atoms with Gasteiger partial charge in [0.1, 0.15) is 0 Å². The number of fused-ring (bicyclic) bond motifs is 7. The maximum Gasteiger partial charge on any atom is 0.0667 e. The first-order chi connectivity index (χ1) is 19.3. The summed E-state index contributed by atoms with van der Waals surface area (Å²) < 4.78 is 14.1. The molecule has 0 radical (unpaired) electrons. The zero-order valence-corrected chi connectivity index (χ0v) is 25.0. The molecule has 2 saturated heterocycles. The molecule has 9 unspecified atom stereocenters. The molecule has 2 heterocycles. The van der Waals surface area contributed by atoms with Crippen molar-refractivity contribution in [1.82, 2.24) is 4.90 Å². The van der Waals surface area contributed by atoms with Crippen LogP contribution in [0.1, 0.15) is 148 Å². The first-order valence-electron chi connectivity index (χ1n) is 18.4. The molecule has 0 aromatic carbocycles. The third-order valence-electron chi connectivity index (χ3n) is 14.2. The van der Waals surface area contributed by atoms with Gasteiger partial charge in [0.2, 0.25) is 0 Å². The molecule has 0 amide bonds. The predicted octanol–water partition coefficient (Wildman–Crippen LogP) is 8.68. The Labute approximate surface area is 239 Å². The summed E-state index contributed by atoms with van der Waals surface area (Å²) >= 11 is 0. The molecule has 0 N–H and O–H groups in total. The molecule has 6 aliphatic carbocycles. The van der Waals surface area contributed by atoms with E-state index in [2.05, 4.69) is 4.90 Å². The quantitative estimate of drug-likeness (QED) is 0.358. The van der Waals surface area contributed by atoms with Gasteiger partial charge >= 0.3 is 0 Å². The van der Waals surface area contributed by atoms with Gasteiger partial charge in [0.05, 0.1) is 24.4 Å². The maximum absolute atomic E-state index is 7.37. The Kier molecular flexibility index (Phi) is 7.83. The highest BCUT2D eigenvalue weighted by Crippen LogP contribution is 2.58. The summed E-state index contributed by atoms with van der Waals surface area (Å²) in [5.74, 6) is 5.07. The Morgan fingerprint density at radius 2 is 0.949 bits per heavy atom. The topological polar surface area (TPSA) is 21.7 Å². The van der Waals surface area contributed by atoms with Gasteiger partial charge in [0.15, 0.2) is 0 Å². The van der Waals surface area contributed by atoms with Crippen LogP contribution in [0.4, 0.5) is 0 Å². The van der Waals surface area contributed by atoms with E-state index in [1.165, 1.54) is 148 Å². The highest BCUT2D eigenvalue weighted by Gasteiger charge is 2.60. The van der Waals surface area contributed by atoms with Gasteiger partial charge in [-0.1, -0.05) is 57.8 Å². The van der Waals surface area contributed by atoms with Crippen LogP contribution in [0.2, 0.25) is 0 Å². The van der Waals surface area contributed by atoms with E-state index in [-0.39, 0.29) is 0 Å². The van der Waals surface area contributed by atoms with E-state index >= 15 is 0 Å². The van der Waals surface area contributed by atoms with Gasteiger partial charge in [0.25, 0.3) is 0 Å². The number of ether oxygens (including phenoxy) is 2. The van der Waals surface area contributed by atoms with Crippen LogP contribution in [-0.4, -0.2) is 47.4 Å². The van der Waals surface area contributed by atoms with E-state index in [9.17, 15) is 0 Å². The van der Waals surface area contributed by atoms with Crippen molar-refractivity contribution in [3.63, 3.8) is 0 Å². The van der Waals surface area contributed by atoms with E-state index in [4.69, 9.17) is 9.47 Å². The lowest BCUT2D eigenvalue weighted by Crippen LogP contribution is -2.52. The van der Waals surface area contributed by atoms with Crippen LogP contribution < -0.4 is 0 Å². The van der Waals surface area contributed by atoms with Crippen LogP contribution in [-0.2, 0) is 9.47 Å². The largest absolute Gasteiger partial charge is 0.374 e. The number of nitrogens with zero attached hydrogens (tertiary/aromatic N) is 1. The summed E-state index contributed by atoms with van der Waals surface area (Å²) in [5, 5.41) is 0. The maximum atomic E-state index is 7.37. The molecule has 0 bridgehead atoms. The van der Waals surface area contributed by atoms with Crippen LogP contribution in [0, 0.1) is 35.5 Å². The fourth-order valence-corrected chi connectivity index (χ4v) is 12.6. The molecule has 6 saturated carbocycles. The van der Waals surface area contributed by atoms with E-state index in [1.54, 1.807) is 0 Å². The predicted molar refractivity (Wildman–Crippen MR) is 158 cm³/mol. The van der Waals surface area contributed by atoms with Crippen molar-refractivity contribution >= 4 is 0 Å². The van der Waals surface area contributed by atoms with Crippen molar-refractivity contribution in [2.24, 2.45) is 35.5 Å². The van der Waals surface area contributed by atoms with Crippen molar-refractivity contribution in [1.29, 1.82) is 0 Å². The third-order valence-corrected chi connectivity index (χ3v) is 14.2. The van der Waals surface area contributed by atoms with Crippen molar-refractivity contribution in [2.45, 2.75) is 190 Å². The standard InChI is InChI=1S/C36H59NO2/c1-3-10-25(11-4-1)37(26-12-5-2-6-13-26)27-20-18-24(19-21-27)28-15-9-16-29-30-22-23-33-34(36(30)39-35(28)29)31-14-7-8-17-32(31)38-33/h24-36H,1-23H2. The smallest absolute Gasteiger partial charge is 0.0667 e. The fourth-order valence-electron chi connectivity index (χ4n) is 12.6. The van der Waals surface area contributed by atoms with Gasteiger partial charge in [-0.3, -0.25) is 4.90 Å².